The van der Waals surface area contributed by atoms with E-state index in [0.717, 1.165) is 17.0 Å². The normalized spacial score (nSPS) is 15.8. The van der Waals surface area contributed by atoms with Gasteiger partial charge < -0.3 is 10.4 Å². The first-order valence-corrected chi connectivity index (χ1v) is 7.60. The molecule has 0 atom stereocenters. The van der Waals surface area contributed by atoms with E-state index in [2.05, 4.69) is 5.32 Å². The average Bonchev–Trinajstić information content (AvgIpc) is 3.19. The summed E-state index contributed by atoms with van der Waals surface area (Å²) in [6.07, 6.45) is 3.84. The van der Waals surface area contributed by atoms with E-state index in [1.807, 2.05) is 6.26 Å². The van der Waals surface area contributed by atoms with Gasteiger partial charge in [-0.3, -0.25) is 9.59 Å². The molecule has 0 unspecified atom stereocenters. The summed E-state index contributed by atoms with van der Waals surface area (Å²) in [4.78, 5) is 22.7. The quantitative estimate of drug-likeness (QED) is 0.839. The minimum Gasteiger partial charge on any atom is -0.481 e. The van der Waals surface area contributed by atoms with Gasteiger partial charge in [0.2, 0.25) is 5.91 Å². The lowest BCUT2D eigenvalue weighted by molar-refractivity contribution is -0.140. The van der Waals surface area contributed by atoms with E-state index in [-0.39, 0.29) is 5.91 Å². The van der Waals surface area contributed by atoms with E-state index in [9.17, 15) is 14.7 Å². The molecule has 1 saturated carbocycles. The molecule has 0 bridgehead atoms. The molecule has 1 amide bonds. The number of carbonyl (C=O) groups is 2. The van der Waals surface area contributed by atoms with Crippen molar-refractivity contribution in [2.45, 2.75) is 24.7 Å². The average molecular weight is 279 g/mol. The number of aliphatic carboxylic acids is 1. The Kier molecular flexibility index (Phi) is 4.14. The Bertz CT molecular complexity index is 480. The number of hydrogen-bond acceptors (Lipinski definition) is 3. The third-order valence-corrected chi connectivity index (χ3v) is 4.03. The number of carboxylic acids is 1. The number of nitrogens with one attached hydrogen (secondary N) is 1. The molecule has 1 aliphatic rings. The number of benzene rings is 1. The standard InChI is InChI=1S/C14H17NO3S/c1-19-9-6-12(16)15-11-4-2-10(3-5-11)14(7-8-14)13(17)18/h2-5H,6-9H2,1H3,(H,15,16)(H,17,18). The van der Waals surface area contributed by atoms with E-state index in [0.29, 0.717) is 19.3 Å². The van der Waals surface area contributed by atoms with Crippen LogP contribution in [0.3, 0.4) is 0 Å². The number of carboxylic acid groups (broad SMARTS) is 1. The highest BCUT2D eigenvalue weighted by Gasteiger charge is 2.51. The number of amides is 1. The fourth-order valence-electron chi connectivity index (χ4n) is 2.04. The molecule has 2 N–H and O–H groups in total. The third kappa shape index (κ3) is 3.10. The monoisotopic (exact) mass is 279 g/mol. The van der Waals surface area contributed by atoms with Gasteiger partial charge in [0.05, 0.1) is 5.41 Å². The highest BCUT2D eigenvalue weighted by Crippen LogP contribution is 2.48. The van der Waals surface area contributed by atoms with E-state index in [1.54, 1.807) is 36.0 Å². The molecule has 1 aromatic rings. The Labute approximate surface area is 116 Å². The van der Waals surface area contributed by atoms with Gasteiger partial charge in [-0.05, 0) is 36.8 Å². The minimum atomic E-state index is -0.760. The van der Waals surface area contributed by atoms with Crippen molar-refractivity contribution in [1.29, 1.82) is 0 Å². The summed E-state index contributed by atoms with van der Waals surface area (Å²) < 4.78 is 0. The Balaban J connectivity index is 1.99. The second-order valence-electron chi connectivity index (χ2n) is 4.76. The van der Waals surface area contributed by atoms with Gasteiger partial charge in [0.1, 0.15) is 0 Å². The molecule has 2 rings (SSSR count). The van der Waals surface area contributed by atoms with Crippen LogP contribution in [0.4, 0.5) is 5.69 Å². The van der Waals surface area contributed by atoms with Crippen molar-refractivity contribution in [2.24, 2.45) is 0 Å². The lowest BCUT2D eigenvalue weighted by Gasteiger charge is -2.11. The molecule has 1 fully saturated rings. The molecule has 0 radical (unpaired) electrons. The molecule has 0 heterocycles. The largest absolute Gasteiger partial charge is 0.481 e. The van der Waals surface area contributed by atoms with Crippen molar-refractivity contribution in [3.05, 3.63) is 29.8 Å². The second kappa shape index (κ2) is 5.65. The molecule has 0 aromatic heterocycles. The highest BCUT2D eigenvalue weighted by molar-refractivity contribution is 7.98. The first-order valence-electron chi connectivity index (χ1n) is 6.21. The van der Waals surface area contributed by atoms with Crippen molar-refractivity contribution < 1.29 is 14.7 Å². The van der Waals surface area contributed by atoms with Crippen LogP contribution in [0.1, 0.15) is 24.8 Å². The summed E-state index contributed by atoms with van der Waals surface area (Å²) in [5, 5.41) is 12.0. The summed E-state index contributed by atoms with van der Waals surface area (Å²) in [5.74, 6) is 0.0252. The smallest absolute Gasteiger partial charge is 0.314 e. The summed E-state index contributed by atoms with van der Waals surface area (Å²) in [6, 6.07) is 7.14. The van der Waals surface area contributed by atoms with Crippen LogP contribution in [0, 0.1) is 0 Å². The molecule has 19 heavy (non-hydrogen) atoms. The topological polar surface area (TPSA) is 66.4 Å². The van der Waals surface area contributed by atoms with Crippen LogP contribution in [0.15, 0.2) is 24.3 Å². The van der Waals surface area contributed by atoms with Crippen molar-refractivity contribution in [3.8, 4) is 0 Å². The van der Waals surface area contributed by atoms with Gasteiger partial charge >= 0.3 is 5.97 Å². The molecule has 5 heteroatoms. The van der Waals surface area contributed by atoms with E-state index < -0.39 is 11.4 Å². The number of carbonyl (C=O) groups excluding carboxylic acids is 1. The van der Waals surface area contributed by atoms with E-state index in [4.69, 9.17) is 0 Å². The van der Waals surface area contributed by atoms with Gasteiger partial charge in [0.25, 0.3) is 0 Å². The molecular weight excluding hydrogens is 262 g/mol. The predicted octanol–water partition coefficient (Wildman–Crippen LogP) is 2.49. The second-order valence-corrected chi connectivity index (χ2v) is 5.74. The van der Waals surface area contributed by atoms with Gasteiger partial charge in [-0.15, -0.1) is 0 Å². The maximum absolute atomic E-state index is 11.6. The lowest BCUT2D eigenvalue weighted by Crippen LogP contribution is -2.19. The van der Waals surface area contributed by atoms with E-state index >= 15 is 0 Å². The fraction of sp³-hybridized carbons (Fsp3) is 0.429. The first kappa shape index (κ1) is 13.9. The maximum Gasteiger partial charge on any atom is 0.314 e. The van der Waals surface area contributed by atoms with Gasteiger partial charge in [-0.2, -0.15) is 11.8 Å². The number of hydrogen-bond donors (Lipinski definition) is 2. The van der Waals surface area contributed by atoms with Crippen LogP contribution in [-0.4, -0.2) is 29.0 Å². The predicted molar refractivity (Wildman–Crippen MR) is 76.6 cm³/mol. The molecule has 1 aromatic carbocycles. The SMILES string of the molecule is CSCCC(=O)Nc1ccc(C2(C(=O)O)CC2)cc1. The summed E-state index contributed by atoms with van der Waals surface area (Å²) in [6.45, 7) is 0. The molecule has 0 aliphatic heterocycles. The van der Waals surface area contributed by atoms with Crippen LogP contribution in [0.2, 0.25) is 0 Å². The zero-order valence-electron chi connectivity index (χ0n) is 10.8. The molecule has 0 saturated heterocycles. The van der Waals surface area contributed by atoms with Gasteiger partial charge in [-0.1, -0.05) is 12.1 Å². The molecule has 1 aliphatic carbocycles. The Morgan fingerprint density at radius 2 is 1.95 bits per heavy atom. The van der Waals surface area contributed by atoms with E-state index in [1.165, 1.54) is 0 Å². The van der Waals surface area contributed by atoms with Crippen molar-refractivity contribution in [1.82, 2.24) is 0 Å². The lowest BCUT2D eigenvalue weighted by atomic mass is 9.96. The Morgan fingerprint density at radius 1 is 1.32 bits per heavy atom. The third-order valence-electron chi connectivity index (χ3n) is 3.41. The van der Waals surface area contributed by atoms with Crippen LogP contribution in [0.25, 0.3) is 0 Å². The van der Waals surface area contributed by atoms with Crippen LogP contribution in [0.5, 0.6) is 0 Å². The molecular formula is C14H17NO3S. The summed E-state index contributed by atoms with van der Waals surface area (Å²) in [7, 11) is 0. The molecule has 4 nitrogen and oxygen atoms in total. The Hall–Kier alpha value is -1.49. The minimum absolute atomic E-state index is 0.0125. The highest BCUT2D eigenvalue weighted by atomic mass is 32.2. The van der Waals surface area contributed by atoms with Crippen molar-refractivity contribution in [3.63, 3.8) is 0 Å². The number of anilines is 1. The Morgan fingerprint density at radius 3 is 2.42 bits per heavy atom. The van der Waals surface area contributed by atoms with Crippen molar-refractivity contribution in [2.75, 3.05) is 17.3 Å². The van der Waals surface area contributed by atoms with Gasteiger partial charge in [0, 0.05) is 17.9 Å². The number of rotatable bonds is 6. The summed E-state index contributed by atoms with van der Waals surface area (Å²) in [5.41, 5.74) is 0.861. The van der Waals surface area contributed by atoms with Crippen molar-refractivity contribution >= 4 is 29.3 Å². The van der Waals surface area contributed by atoms with Crippen LogP contribution >= 0.6 is 11.8 Å². The summed E-state index contributed by atoms with van der Waals surface area (Å²) >= 11 is 1.63. The number of thioether (sulfide) groups is 1. The molecule has 0 spiro atoms. The molecule has 102 valence electrons. The van der Waals surface area contributed by atoms with Gasteiger partial charge in [-0.25, -0.2) is 0 Å². The zero-order chi connectivity index (χ0) is 13.9. The fourth-order valence-corrected chi connectivity index (χ4v) is 2.43. The van der Waals surface area contributed by atoms with Gasteiger partial charge in [0.15, 0.2) is 0 Å². The van der Waals surface area contributed by atoms with Crippen LogP contribution in [-0.2, 0) is 15.0 Å². The first-order chi connectivity index (χ1) is 9.08. The maximum atomic E-state index is 11.6. The zero-order valence-corrected chi connectivity index (χ0v) is 11.6. The van der Waals surface area contributed by atoms with Crippen LogP contribution < -0.4 is 5.32 Å².